The summed E-state index contributed by atoms with van der Waals surface area (Å²) in [5.74, 6) is 1.36. The summed E-state index contributed by atoms with van der Waals surface area (Å²) in [7, 11) is 2.08. The molecule has 0 unspecified atom stereocenters. The summed E-state index contributed by atoms with van der Waals surface area (Å²) < 4.78 is 5.84. The zero-order chi connectivity index (χ0) is 29.3. The van der Waals surface area contributed by atoms with E-state index in [1.54, 1.807) is 54.6 Å². The molecule has 42 heavy (non-hydrogen) atoms. The van der Waals surface area contributed by atoms with Crippen LogP contribution in [0.15, 0.2) is 103 Å². The Balaban J connectivity index is 1.28. The number of likely N-dealkylation sites (N-methyl/N-ethyl adjacent to an activating group) is 1. The highest BCUT2D eigenvalue weighted by atomic mass is 16.5. The molecular formula is C31H32N8O3. The fourth-order valence-electron chi connectivity index (χ4n) is 4.49. The van der Waals surface area contributed by atoms with Crippen molar-refractivity contribution in [2.24, 2.45) is 5.29 Å². The van der Waals surface area contributed by atoms with Gasteiger partial charge in [-0.2, -0.15) is 5.01 Å². The molecule has 0 atom stereocenters. The first-order valence-corrected chi connectivity index (χ1v) is 13.6. The van der Waals surface area contributed by atoms with Crippen LogP contribution in [0.5, 0.6) is 11.5 Å². The Morgan fingerprint density at radius 3 is 2.48 bits per heavy atom. The second-order valence-electron chi connectivity index (χ2n) is 9.88. The van der Waals surface area contributed by atoms with Gasteiger partial charge in [-0.1, -0.05) is 36.8 Å². The van der Waals surface area contributed by atoms with E-state index in [9.17, 15) is 9.70 Å². The number of nitrogens with one attached hydrogen (secondary N) is 2. The molecule has 4 aromatic rings. The molecule has 1 aromatic heterocycles. The molecule has 11 heteroatoms. The number of rotatable bonds is 12. The molecule has 0 radical (unpaired) electrons. The van der Waals surface area contributed by atoms with E-state index in [2.05, 4.69) is 37.8 Å². The van der Waals surface area contributed by atoms with Crippen LogP contribution >= 0.6 is 0 Å². The number of ether oxygens (including phenoxy) is 1. The number of para-hydroxylation sites is 1. The first-order chi connectivity index (χ1) is 20.5. The lowest BCUT2D eigenvalue weighted by molar-refractivity contribution is -0.111. The largest absolute Gasteiger partial charge is 0.457 e. The van der Waals surface area contributed by atoms with Gasteiger partial charge in [-0.05, 0) is 74.5 Å². The first kappa shape index (κ1) is 28.2. The highest BCUT2D eigenvalue weighted by molar-refractivity contribution is 5.99. The van der Waals surface area contributed by atoms with E-state index in [0.29, 0.717) is 34.6 Å². The topological polar surface area (TPSA) is 138 Å². The number of aromatic nitrogens is 2. The normalized spacial score (nSPS) is 13.0. The highest BCUT2D eigenvalue weighted by Crippen LogP contribution is 2.37. The van der Waals surface area contributed by atoms with Gasteiger partial charge < -0.3 is 21.1 Å². The van der Waals surface area contributed by atoms with Crippen LogP contribution in [0.4, 0.5) is 34.4 Å². The lowest BCUT2D eigenvalue weighted by Crippen LogP contribution is -2.37. The zero-order valence-corrected chi connectivity index (χ0v) is 23.2. The van der Waals surface area contributed by atoms with Crippen LogP contribution in [0.2, 0.25) is 0 Å². The summed E-state index contributed by atoms with van der Waals surface area (Å²) in [6.07, 6.45) is 8.40. The van der Waals surface area contributed by atoms with Gasteiger partial charge in [0.05, 0.1) is 11.0 Å². The van der Waals surface area contributed by atoms with Gasteiger partial charge in [-0.15, -0.1) is 4.91 Å². The van der Waals surface area contributed by atoms with Crippen LogP contribution in [0.25, 0.3) is 0 Å². The van der Waals surface area contributed by atoms with Gasteiger partial charge in [-0.3, -0.25) is 9.69 Å². The molecule has 1 heterocycles. The van der Waals surface area contributed by atoms with Crippen LogP contribution in [0.3, 0.4) is 0 Å². The van der Waals surface area contributed by atoms with Gasteiger partial charge in [0.25, 0.3) is 0 Å². The van der Waals surface area contributed by atoms with E-state index in [4.69, 9.17) is 10.5 Å². The quantitative estimate of drug-likeness (QED) is 0.101. The second kappa shape index (κ2) is 13.4. The van der Waals surface area contributed by atoms with E-state index in [1.807, 2.05) is 36.4 Å². The monoisotopic (exact) mass is 564 g/mol. The standard InChI is InChI=1S/C31H32N8O3/c1-38(24-10-6-11-24)19-7-14-28(40)35-22-8-5-9-23(20-22)36-31-29(30(32)33-21-34-31)39(37-41)25-15-17-27(18-16-25)42-26-12-3-2-4-13-26/h2-5,7-9,12-18,20-21,24H,6,10-11,19H2,1H3,(H,35,40)(H3,32,33,34,36)/b14-7+. The van der Waals surface area contributed by atoms with E-state index in [-0.39, 0.29) is 23.2 Å². The molecule has 5 rings (SSSR count). The Morgan fingerprint density at radius 1 is 1.02 bits per heavy atom. The molecule has 0 saturated heterocycles. The number of nitroso groups, excluding NO2 is 1. The summed E-state index contributed by atoms with van der Waals surface area (Å²) >= 11 is 0. The van der Waals surface area contributed by atoms with Crippen LogP contribution in [0.1, 0.15) is 19.3 Å². The lowest BCUT2D eigenvalue weighted by atomic mass is 9.92. The predicted octanol–water partition coefficient (Wildman–Crippen LogP) is 6.39. The number of carbonyl (C=O) groups is 1. The van der Waals surface area contributed by atoms with Crippen molar-refractivity contribution < 1.29 is 9.53 Å². The third-order valence-electron chi connectivity index (χ3n) is 6.96. The van der Waals surface area contributed by atoms with E-state index in [0.717, 1.165) is 11.6 Å². The summed E-state index contributed by atoms with van der Waals surface area (Å²) in [6.45, 7) is 0.724. The third-order valence-corrected chi connectivity index (χ3v) is 6.96. The van der Waals surface area contributed by atoms with Crippen molar-refractivity contribution >= 4 is 40.3 Å². The summed E-state index contributed by atoms with van der Waals surface area (Å²) in [4.78, 5) is 35.2. The maximum atomic E-state index is 12.5. The number of nitrogens with zero attached hydrogens (tertiary/aromatic N) is 5. The van der Waals surface area contributed by atoms with Crippen LogP contribution in [0, 0.1) is 4.91 Å². The van der Waals surface area contributed by atoms with E-state index >= 15 is 0 Å². The van der Waals surface area contributed by atoms with Gasteiger partial charge in [0.2, 0.25) is 5.91 Å². The average molecular weight is 565 g/mol. The van der Waals surface area contributed by atoms with Crippen LogP contribution < -0.4 is 26.1 Å². The van der Waals surface area contributed by atoms with E-state index in [1.165, 1.54) is 25.6 Å². The Labute approximate surface area is 244 Å². The maximum absolute atomic E-state index is 12.5. The van der Waals surface area contributed by atoms with E-state index < -0.39 is 0 Å². The fourth-order valence-corrected chi connectivity index (χ4v) is 4.49. The first-order valence-electron chi connectivity index (χ1n) is 13.6. The Morgan fingerprint density at radius 2 is 1.76 bits per heavy atom. The molecule has 3 aromatic carbocycles. The zero-order valence-electron chi connectivity index (χ0n) is 23.2. The number of benzene rings is 3. The predicted molar refractivity (Wildman–Crippen MR) is 165 cm³/mol. The van der Waals surface area contributed by atoms with Gasteiger partial charge in [-0.25, -0.2) is 9.97 Å². The van der Waals surface area contributed by atoms with Crippen LogP contribution in [-0.4, -0.2) is 40.4 Å². The maximum Gasteiger partial charge on any atom is 0.248 e. The van der Waals surface area contributed by atoms with Gasteiger partial charge in [0, 0.05) is 30.0 Å². The summed E-state index contributed by atoms with van der Waals surface area (Å²) in [6, 6.07) is 23.9. The summed E-state index contributed by atoms with van der Waals surface area (Å²) in [5, 5.41) is 10.4. The molecule has 1 saturated carbocycles. The molecule has 1 amide bonds. The van der Waals surface area contributed by atoms with Crippen molar-refractivity contribution in [1.29, 1.82) is 0 Å². The highest BCUT2D eigenvalue weighted by Gasteiger charge is 2.22. The van der Waals surface area contributed by atoms with Crippen molar-refractivity contribution in [3.63, 3.8) is 0 Å². The molecule has 11 nitrogen and oxygen atoms in total. The molecule has 1 fully saturated rings. The fraction of sp³-hybridized carbons (Fsp3) is 0.194. The Hall–Kier alpha value is -5.29. The number of hydrogen-bond donors (Lipinski definition) is 3. The molecule has 4 N–H and O–H groups in total. The smallest absolute Gasteiger partial charge is 0.248 e. The molecule has 0 spiro atoms. The molecule has 0 bridgehead atoms. The SMILES string of the molecule is CN(C/C=C/C(=O)Nc1cccc(Nc2ncnc(N)c2N(N=O)c2ccc(Oc3ccccc3)cc2)c1)C1CCC1. The molecular weight excluding hydrogens is 532 g/mol. The number of amides is 1. The van der Waals surface area contributed by atoms with Crippen molar-refractivity contribution in [3.8, 4) is 11.5 Å². The number of carbonyl (C=O) groups excluding carboxylic acids is 1. The minimum Gasteiger partial charge on any atom is -0.457 e. The molecule has 214 valence electrons. The number of anilines is 6. The van der Waals surface area contributed by atoms with Gasteiger partial charge in [0.1, 0.15) is 17.8 Å². The van der Waals surface area contributed by atoms with Gasteiger partial charge >= 0.3 is 0 Å². The van der Waals surface area contributed by atoms with Crippen molar-refractivity contribution in [2.75, 3.05) is 35.0 Å². The Bertz CT molecular complexity index is 1540. The van der Waals surface area contributed by atoms with Crippen molar-refractivity contribution in [3.05, 3.63) is 102 Å². The average Bonchev–Trinajstić information content (AvgIpc) is 2.95. The van der Waals surface area contributed by atoms with Crippen molar-refractivity contribution in [1.82, 2.24) is 14.9 Å². The lowest BCUT2D eigenvalue weighted by Gasteiger charge is -2.33. The molecule has 0 aliphatic heterocycles. The Kier molecular flexibility index (Phi) is 9.00. The van der Waals surface area contributed by atoms with Crippen LogP contribution in [-0.2, 0) is 4.79 Å². The molecule has 1 aliphatic rings. The number of hydrogen-bond acceptors (Lipinski definition) is 9. The number of nitrogens with two attached hydrogens (primary N) is 1. The summed E-state index contributed by atoms with van der Waals surface area (Å²) in [5.41, 5.74) is 8.00. The van der Waals surface area contributed by atoms with Crippen molar-refractivity contribution in [2.45, 2.75) is 25.3 Å². The minimum absolute atomic E-state index is 0.0539. The minimum atomic E-state index is -0.225. The number of nitrogen functional groups attached to an aromatic ring is 1. The molecule has 1 aliphatic carbocycles. The third kappa shape index (κ3) is 7.07. The second-order valence-corrected chi connectivity index (χ2v) is 9.88. The van der Waals surface area contributed by atoms with Gasteiger partial charge in [0.15, 0.2) is 17.3 Å².